The number of hydrogen-bond donors (Lipinski definition) is 0. The Morgan fingerprint density at radius 1 is 1.31 bits per heavy atom. The lowest BCUT2D eigenvalue weighted by atomic mass is 9.95. The van der Waals surface area contributed by atoms with E-state index in [2.05, 4.69) is 0 Å². The summed E-state index contributed by atoms with van der Waals surface area (Å²) >= 11 is 0. The van der Waals surface area contributed by atoms with Crippen molar-refractivity contribution in [3.63, 3.8) is 0 Å². The van der Waals surface area contributed by atoms with Crippen LogP contribution in [0.5, 0.6) is 0 Å². The van der Waals surface area contributed by atoms with E-state index >= 15 is 0 Å². The second-order valence-electron chi connectivity index (χ2n) is 4.03. The third-order valence-electron chi connectivity index (χ3n) is 2.60. The van der Waals surface area contributed by atoms with Crippen LogP contribution in [-0.2, 0) is 0 Å². The van der Waals surface area contributed by atoms with Crippen LogP contribution in [0.15, 0.2) is 11.6 Å². The van der Waals surface area contributed by atoms with E-state index in [4.69, 9.17) is 0 Å². The largest absolute Gasteiger partial charge is 0.269 e. The van der Waals surface area contributed by atoms with E-state index < -0.39 is 11.8 Å². The average Bonchev–Trinajstić information content (AvgIpc) is 2.01. The van der Waals surface area contributed by atoms with Gasteiger partial charge in [0, 0.05) is 5.92 Å². The lowest BCUT2D eigenvalue weighted by Crippen LogP contribution is -2.23. The molecule has 0 amide bonds. The molecule has 1 unspecified atom stereocenters. The highest BCUT2D eigenvalue weighted by molar-refractivity contribution is 5.08. The zero-order chi connectivity index (χ0) is 10.6. The van der Waals surface area contributed by atoms with Gasteiger partial charge in [-0.25, -0.2) is 8.78 Å². The first-order valence-electron chi connectivity index (χ1n) is 4.88. The van der Waals surface area contributed by atoms with Crippen LogP contribution in [0.4, 0.5) is 8.78 Å². The molecule has 0 heterocycles. The standard InChI is InChI=1S/C11H20F2/c1-6-10(5)11(12,13)7-9(4)8(2)3/h7-8,10H,6H2,1-5H3/b9-7+. The van der Waals surface area contributed by atoms with Crippen molar-refractivity contribution < 1.29 is 8.78 Å². The van der Waals surface area contributed by atoms with Crippen molar-refractivity contribution in [3.05, 3.63) is 11.6 Å². The fourth-order valence-electron chi connectivity index (χ4n) is 0.885. The molecular formula is C11H20F2. The lowest BCUT2D eigenvalue weighted by molar-refractivity contribution is -0.00395. The highest BCUT2D eigenvalue weighted by Crippen LogP contribution is 2.30. The van der Waals surface area contributed by atoms with Crippen molar-refractivity contribution in [2.75, 3.05) is 0 Å². The summed E-state index contributed by atoms with van der Waals surface area (Å²) in [6.45, 7) is 9.00. The highest BCUT2D eigenvalue weighted by atomic mass is 19.3. The molecule has 0 spiro atoms. The van der Waals surface area contributed by atoms with Gasteiger partial charge < -0.3 is 0 Å². The smallest absolute Gasteiger partial charge is 0.202 e. The van der Waals surface area contributed by atoms with Gasteiger partial charge in [0.15, 0.2) is 0 Å². The maximum atomic E-state index is 13.4. The van der Waals surface area contributed by atoms with Crippen LogP contribution in [0.1, 0.15) is 41.0 Å². The first kappa shape index (κ1) is 12.6. The Hall–Kier alpha value is -0.400. The van der Waals surface area contributed by atoms with E-state index in [1.54, 1.807) is 20.8 Å². The van der Waals surface area contributed by atoms with Crippen LogP contribution in [0, 0.1) is 11.8 Å². The molecule has 2 heteroatoms. The van der Waals surface area contributed by atoms with E-state index in [0.29, 0.717) is 6.42 Å². The molecule has 0 saturated heterocycles. The number of halogens is 2. The van der Waals surface area contributed by atoms with Crippen LogP contribution in [0.2, 0.25) is 0 Å². The van der Waals surface area contributed by atoms with Crippen LogP contribution in [0.25, 0.3) is 0 Å². The molecule has 78 valence electrons. The molecule has 0 aliphatic rings. The van der Waals surface area contributed by atoms with Crippen LogP contribution in [-0.4, -0.2) is 5.92 Å². The Bertz CT molecular complexity index is 181. The third kappa shape index (κ3) is 3.88. The summed E-state index contributed by atoms with van der Waals surface area (Å²) < 4.78 is 26.7. The first-order chi connectivity index (χ1) is 5.81. The van der Waals surface area contributed by atoms with Gasteiger partial charge in [-0.3, -0.25) is 0 Å². The van der Waals surface area contributed by atoms with Gasteiger partial charge >= 0.3 is 0 Å². The van der Waals surface area contributed by atoms with Crippen molar-refractivity contribution in [2.24, 2.45) is 11.8 Å². The summed E-state index contributed by atoms with van der Waals surface area (Å²) in [6.07, 6.45) is 1.63. The van der Waals surface area contributed by atoms with Crippen molar-refractivity contribution in [3.8, 4) is 0 Å². The Balaban J connectivity index is 4.56. The zero-order valence-electron chi connectivity index (χ0n) is 9.20. The van der Waals surface area contributed by atoms with Gasteiger partial charge in [0.2, 0.25) is 0 Å². The molecule has 1 atom stereocenters. The number of rotatable bonds is 4. The molecule has 0 saturated carbocycles. The van der Waals surface area contributed by atoms with Gasteiger partial charge in [-0.05, 0) is 25.3 Å². The molecule has 0 radical (unpaired) electrons. The van der Waals surface area contributed by atoms with Gasteiger partial charge in [0.1, 0.15) is 0 Å². The van der Waals surface area contributed by atoms with Gasteiger partial charge in [0.05, 0.1) is 0 Å². The monoisotopic (exact) mass is 190 g/mol. The van der Waals surface area contributed by atoms with Crippen molar-refractivity contribution >= 4 is 0 Å². The lowest BCUT2D eigenvalue weighted by Gasteiger charge is -2.20. The second-order valence-corrected chi connectivity index (χ2v) is 4.03. The summed E-state index contributed by atoms with van der Waals surface area (Å²) in [5, 5.41) is 0. The third-order valence-corrected chi connectivity index (χ3v) is 2.60. The SMILES string of the molecule is CCC(C)C(F)(F)/C=C(\C)C(C)C. The Kier molecular flexibility index (Phi) is 4.58. The zero-order valence-corrected chi connectivity index (χ0v) is 9.20. The number of alkyl halides is 2. The summed E-state index contributed by atoms with van der Waals surface area (Å²) in [6, 6.07) is 0. The van der Waals surface area contributed by atoms with Crippen LogP contribution >= 0.6 is 0 Å². The minimum Gasteiger partial charge on any atom is -0.202 e. The topological polar surface area (TPSA) is 0 Å². The van der Waals surface area contributed by atoms with Crippen molar-refractivity contribution in [1.29, 1.82) is 0 Å². The second kappa shape index (κ2) is 4.73. The molecule has 0 N–H and O–H groups in total. The van der Waals surface area contributed by atoms with Gasteiger partial charge in [-0.15, -0.1) is 0 Å². The predicted molar refractivity (Wildman–Crippen MR) is 53.0 cm³/mol. The summed E-state index contributed by atoms with van der Waals surface area (Å²) in [7, 11) is 0. The fraction of sp³-hybridized carbons (Fsp3) is 0.818. The predicted octanol–water partition coefficient (Wildman–Crippen LogP) is 4.27. The Morgan fingerprint density at radius 2 is 1.77 bits per heavy atom. The summed E-state index contributed by atoms with van der Waals surface area (Å²) in [5.74, 6) is -3.01. The molecule has 0 aromatic heterocycles. The van der Waals surface area contributed by atoms with E-state index in [9.17, 15) is 8.78 Å². The maximum absolute atomic E-state index is 13.4. The minimum atomic E-state index is -2.65. The van der Waals surface area contributed by atoms with Gasteiger partial charge in [0.25, 0.3) is 5.92 Å². The minimum absolute atomic E-state index is 0.204. The first-order valence-corrected chi connectivity index (χ1v) is 4.88. The van der Waals surface area contributed by atoms with E-state index in [-0.39, 0.29) is 5.92 Å². The quantitative estimate of drug-likeness (QED) is 0.581. The average molecular weight is 190 g/mol. The van der Waals surface area contributed by atoms with Crippen LogP contribution < -0.4 is 0 Å². The number of allylic oxidation sites excluding steroid dienone is 2. The molecule has 0 aliphatic heterocycles. The number of hydrogen-bond acceptors (Lipinski definition) is 0. The van der Waals surface area contributed by atoms with Crippen molar-refractivity contribution in [2.45, 2.75) is 47.0 Å². The Morgan fingerprint density at radius 3 is 2.08 bits per heavy atom. The molecule has 0 aliphatic carbocycles. The maximum Gasteiger partial charge on any atom is 0.269 e. The summed E-state index contributed by atoms with van der Waals surface area (Å²) in [5.41, 5.74) is 0.769. The van der Waals surface area contributed by atoms with Crippen LogP contribution in [0.3, 0.4) is 0 Å². The molecular weight excluding hydrogens is 170 g/mol. The highest BCUT2D eigenvalue weighted by Gasteiger charge is 2.32. The molecule has 13 heavy (non-hydrogen) atoms. The van der Waals surface area contributed by atoms with Gasteiger partial charge in [-0.2, -0.15) is 0 Å². The summed E-state index contributed by atoms with van der Waals surface area (Å²) in [4.78, 5) is 0. The molecule has 0 nitrogen and oxygen atoms in total. The Labute approximate surface area is 80.0 Å². The fourth-order valence-corrected chi connectivity index (χ4v) is 0.885. The van der Waals surface area contributed by atoms with Crippen molar-refractivity contribution in [1.82, 2.24) is 0 Å². The van der Waals surface area contributed by atoms with E-state index in [1.165, 1.54) is 0 Å². The van der Waals surface area contributed by atoms with E-state index in [1.807, 2.05) is 13.8 Å². The molecule has 0 aromatic carbocycles. The van der Waals surface area contributed by atoms with E-state index in [0.717, 1.165) is 11.6 Å². The molecule has 0 bridgehead atoms. The van der Waals surface area contributed by atoms with Gasteiger partial charge in [-0.1, -0.05) is 33.3 Å². The molecule has 0 fully saturated rings. The normalized spacial score (nSPS) is 16.5. The molecule has 0 rings (SSSR count). The molecule has 0 aromatic rings.